The van der Waals surface area contributed by atoms with E-state index in [9.17, 15) is 9.59 Å². The van der Waals surface area contributed by atoms with E-state index < -0.39 is 11.4 Å². The Hall–Kier alpha value is -1.88. The molecule has 1 aromatic rings. The summed E-state index contributed by atoms with van der Waals surface area (Å²) in [4.78, 5) is 22.7. The highest BCUT2D eigenvalue weighted by atomic mass is 16.2. The van der Waals surface area contributed by atoms with Crippen LogP contribution in [0.4, 0.5) is 5.69 Å². The van der Waals surface area contributed by atoms with Gasteiger partial charge in [0.1, 0.15) is 0 Å². The van der Waals surface area contributed by atoms with Gasteiger partial charge in [0, 0.05) is 17.6 Å². The number of para-hydroxylation sites is 1. The molecule has 0 radical (unpaired) electrons. The summed E-state index contributed by atoms with van der Waals surface area (Å²) in [5.74, 6) is -0.538. The topological polar surface area (TPSA) is 84.2 Å². The molecule has 0 aliphatic carbocycles. The van der Waals surface area contributed by atoms with Crippen LogP contribution in [-0.2, 0) is 9.59 Å². The second kappa shape index (κ2) is 6.33. The van der Waals surface area contributed by atoms with E-state index in [2.05, 4.69) is 10.6 Å². The summed E-state index contributed by atoms with van der Waals surface area (Å²) in [6.07, 6.45) is 0.185. The lowest BCUT2D eigenvalue weighted by atomic mass is 10.0. The van der Waals surface area contributed by atoms with E-state index in [1.165, 1.54) is 0 Å². The number of hydrogen-bond acceptors (Lipinski definition) is 3. The van der Waals surface area contributed by atoms with Crippen molar-refractivity contribution in [1.82, 2.24) is 5.32 Å². The molecule has 0 bridgehead atoms. The van der Waals surface area contributed by atoms with Crippen LogP contribution < -0.4 is 16.4 Å². The van der Waals surface area contributed by atoms with Crippen molar-refractivity contribution in [2.45, 2.75) is 32.7 Å². The Morgan fingerprint density at radius 2 is 1.89 bits per heavy atom. The predicted octanol–water partition coefficient (Wildman–Crippen LogP) is 1.18. The fraction of sp³-hybridized carbons (Fsp3) is 0.429. The third-order valence-electron chi connectivity index (χ3n) is 2.76. The van der Waals surface area contributed by atoms with Crippen LogP contribution in [0.5, 0.6) is 0 Å². The van der Waals surface area contributed by atoms with Crippen LogP contribution in [0.15, 0.2) is 24.3 Å². The Kier molecular flexibility index (Phi) is 5.06. The summed E-state index contributed by atoms with van der Waals surface area (Å²) in [6, 6.07) is 7.56. The quantitative estimate of drug-likeness (QED) is 0.720. The number of primary amides is 1. The van der Waals surface area contributed by atoms with Crippen LogP contribution in [-0.4, -0.2) is 23.9 Å². The first-order chi connectivity index (χ1) is 8.80. The Morgan fingerprint density at radius 3 is 2.47 bits per heavy atom. The zero-order valence-electron chi connectivity index (χ0n) is 11.6. The van der Waals surface area contributed by atoms with Crippen molar-refractivity contribution in [3.05, 3.63) is 29.8 Å². The van der Waals surface area contributed by atoms with Gasteiger partial charge in [-0.3, -0.25) is 9.59 Å². The molecule has 0 unspecified atom stereocenters. The van der Waals surface area contributed by atoms with Crippen LogP contribution in [0.2, 0.25) is 0 Å². The largest absolute Gasteiger partial charge is 0.370 e. The molecular formula is C14H21N3O2. The minimum absolute atomic E-state index is 0.134. The molecule has 19 heavy (non-hydrogen) atoms. The van der Waals surface area contributed by atoms with Gasteiger partial charge in [-0.1, -0.05) is 18.2 Å². The molecule has 0 heterocycles. The number of anilines is 1. The van der Waals surface area contributed by atoms with E-state index in [-0.39, 0.29) is 18.9 Å². The SMILES string of the molecule is Cc1ccccc1NC(=O)CNC(C)(C)CC(N)=O. The standard InChI is InChI=1S/C14H21N3O2/c1-10-6-4-5-7-11(10)17-13(19)9-16-14(2,3)8-12(15)18/h4-7,16H,8-9H2,1-3H3,(H2,15,18)(H,17,19). The number of carbonyl (C=O) groups is 2. The van der Waals surface area contributed by atoms with Crippen molar-refractivity contribution >= 4 is 17.5 Å². The lowest BCUT2D eigenvalue weighted by Gasteiger charge is -2.24. The van der Waals surface area contributed by atoms with E-state index in [1.54, 1.807) is 0 Å². The molecule has 5 heteroatoms. The summed E-state index contributed by atoms with van der Waals surface area (Å²) >= 11 is 0. The molecule has 4 N–H and O–H groups in total. The van der Waals surface area contributed by atoms with Crippen molar-refractivity contribution in [1.29, 1.82) is 0 Å². The van der Waals surface area contributed by atoms with Crippen molar-refractivity contribution in [2.75, 3.05) is 11.9 Å². The van der Waals surface area contributed by atoms with Crippen LogP contribution in [0.25, 0.3) is 0 Å². The first-order valence-corrected chi connectivity index (χ1v) is 6.19. The Bertz CT molecular complexity index is 470. The summed E-state index contributed by atoms with van der Waals surface area (Å²) in [5, 5.41) is 5.84. The predicted molar refractivity (Wildman–Crippen MR) is 75.7 cm³/mol. The van der Waals surface area contributed by atoms with Gasteiger partial charge in [0.2, 0.25) is 11.8 Å². The van der Waals surface area contributed by atoms with Crippen LogP contribution in [0.3, 0.4) is 0 Å². The van der Waals surface area contributed by atoms with Gasteiger partial charge in [-0.2, -0.15) is 0 Å². The maximum Gasteiger partial charge on any atom is 0.238 e. The van der Waals surface area contributed by atoms with Crippen molar-refractivity contribution < 1.29 is 9.59 Å². The highest BCUT2D eigenvalue weighted by Gasteiger charge is 2.20. The Balaban J connectivity index is 2.49. The van der Waals surface area contributed by atoms with Crippen LogP contribution in [0.1, 0.15) is 25.8 Å². The average Bonchev–Trinajstić information content (AvgIpc) is 2.28. The third-order valence-corrected chi connectivity index (χ3v) is 2.76. The highest BCUT2D eigenvalue weighted by Crippen LogP contribution is 2.13. The first-order valence-electron chi connectivity index (χ1n) is 6.19. The first kappa shape index (κ1) is 15.2. The second-order valence-electron chi connectivity index (χ2n) is 5.24. The van der Waals surface area contributed by atoms with E-state index in [0.717, 1.165) is 11.3 Å². The molecule has 0 aliphatic rings. The maximum absolute atomic E-state index is 11.8. The van der Waals surface area contributed by atoms with Gasteiger partial charge in [-0.25, -0.2) is 0 Å². The number of benzene rings is 1. The molecular weight excluding hydrogens is 242 g/mol. The molecule has 104 valence electrons. The number of carbonyl (C=O) groups excluding carboxylic acids is 2. The van der Waals surface area contributed by atoms with Gasteiger partial charge in [0.05, 0.1) is 6.54 Å². The minimum atomic E-state index is -0.491. The Morgan fingerprint density at radius 1 is 1.26 bits per heavy atom. The smallest absolute Gasteiger partial charge is 0.238 e. The summed E-state index contributed by atoms with van der Waals surface area (Å²) in [7, 11) is 0. The molecule has 0 aromatic heterocycles. The van der Waals surface area contributed by atoms with Crippen molar-refractivity contribution in [3.63, 3.8) is 0 Å². The van der Waals surface area contributed by atoms with Gasteiger partial charge in [0.15, 0.2) is 0 Å². The molecule has 1 aromatic carbocycles. The molecule has 0 saturated carbocycles. The molecule has 0 aliphatic heterocycles. The number of hydrogen-bond donors (Lipinski definition) is 3. The van der Waals surface area contributed by atoms with Crippen LogP contribution >= 0.6 is 0 Å². The minimum Gasteiger partial charge on any atom is -0.370 e. The molecule has 0 atom stereocenters. The number of rotatable bonds is 6. The maximum atomic E-state index is 11.8. The van der Waals surface area contributed by atoms with E-state index >= 15 is 0 Å². The summed E-state index contributed by atoms with van der Waals surface area (Å²) in [6.45, 7) is 5.73. The highest BCUT2D eigenvalue weighted by molar-refractivity contribution is 5.93. The van der Waals surface area contributed by atoms with Gasteiger partial charge >= 0.3 is 0 Å². The van der Waals surface area contributed by atoms with Gasteiger partial charge in [0.25, 0.3) is 0 Å². The van der Waals surface area contributed by atoms with Crippen molar-refractivity contribution in [2.24, 2.45) is 5.73 Å². The second-order valence-corrected chi connectivity index (χ2v) is 5.24. The monoisotopic (exact) mass is 263 g/mol. The molecule has 0 saturated heterocycles. The third kappa shape index (κ3) is 5.52. The average molecular weight is 263 g/mol. The number of aryl methyl sites for hydroxylation is 1. The van der Waals surface area contributed by atoms with Gasteiger partial charge in [-0.05, 0) is 32.4 Å². The van der Waals surface area contributed by atoms with E-state index in [1.807, 2.05) is 45.0 Å². The molecule has 5 nitrogen and oxygen atoms in total. The molecule has 1 rings (SSSR count). The normalized spacial score (nSPS) is 11.1. The van der Waals surface area contributed by atoms with Crippen molar-refractivity contribution in [3.8, 4) is 0 Å². The lowest BCUT2D eigenvalue weighted by Crippen LogP contribution is -2.46. The molecule has 2 amide bonds. The molecule has 0 fully saturated rings. The lowest BCUT2D eigenvalue weighted by molar-refractivity contribution is -0.120. The van der Waals surface area contributed by atoms with Crippen LogP contribution in [0, 0.1) is 6.92 Å². The number of nitrogens with two attached hydrogens (primary N) is 1. The number of amides is 2. The van der Waals surface area contributed by atoms with E-state index in [0.29, 0.717) is 0 Å². The zero-order chi connectivity index (χ0) is 14.5. The fourth-order valence-corrected chi connectivity index (χ4v) is 1.73. The van der Waals surface area contributed by atoms with Gasteiger partial charge in [-0.15, -0.1) is 0 Å². The number of nitrogens with one attached hydrogen (secondary N) is 2. The zero-order valence-corrected chi connectivity index (χ0v) is 11.6. The summed E-state index contributed by atoms with van der Waals surface area (Å²) in [5.41, 5.74) is 6.46. The van der Waals surface area contributed by atoms with Gasteiger partial charge < -0.3 is 16.4 Å². The fourth-order valence-electron chi connectivity index (χ4n) is 1.73. The molecule has 0 spiro atoms. The van der Waals surface area contributed by atoms with E-state index in [4.69, 9.17) is 5.73 Å². The summed E-state index contributed by atoms with van der Waals surface area (Å²) < 4.78 is 0. The Labute approximate surface area is 113 Å².